The molecule has 3 aromatic heterocycles. The van der Waals surface area contributed by atoms with E-state index in [9.17, 15) is 14.4 Å². The molecule has 0 radical (unpaired) electrons. The van der Waals surface area contributed by atoms with Gasteiger partial charge in [-0.2, -0.15) is 0 Å². The van der Waals surface area contributed by atoms with Crippen molar-refractivity contribution in [1.29, 1.82) is 0 Å². The predicted molar refractivity (Wildman–Crippen MR) is 123 cm³/mol. The standard InChI is InChI=1S/C21H22N6O5S/c1-21(2,26-11-22-15-16(28)24-20(30)27(32-4)17(15)26)18(29)25-19-23-13(10-33-19)9-12-5-7-14(31-3)8-6-12/h5-8,10-11H,9H2,1-4H3,(H,23,25,29)(H,24,28,30). The van der Waals surface area contributed by atoms with Crippen LogP contribution in [0.5, 0.6) is 5.75 Å². The first kappa shape index (κ1) is 22.3. The molecule has 0 saturated carbocycles. The number of H-pyrrole nitrogens is 1. The van der Waals surface area contributed by atoms with Crippen LogP contribution in [0, 0.1) is 0 Å². The van der Waals surface area contributed by atoms with Gasteiger partial charge in [0.25, 0.3) is 11.5 Å². The third-order valence-electron chi connectivity index (χ3n) is 5.21. The van der Waals surface area contributed by atoms with Crippen molar-refractivity contribution in [3.8, 4) is 5.75 Å². The topological polar surface area (TPSA) is 133 Å². The molecule has 0 aliphatic heterocycles. The van der Waals surface area contributed by atoms with Crippen molar-refractivity contribution >= 4 is 33.5 Å². The van der Waals surface area contributed by atoms with E-state index in [1.54, 1.807) is 21.0 Å². The average Bonchev–Trinajstić information content (AvgIpc) is 3.42. The number of methoxy groups -OCH3 is 1. The Kier molecular flexibility index (Phi) is 5.77. The van der Waals surface area contributed by atoms with Crippen molar-refractivity contribution in [1.82, 2.24) is 24.2 Å². The molecule has 2 N–H and O–H groups in total. The molecule has 0 saturated heterocycles. The Morgan fingerprint density at radius 3 is 2.61 bits per heavy atom. The van der Waals surface area contributed by atoms with Gasteiger partial charge in [0.05, 0.1) is 19.1 Å². The third kappa shape index (κ3) is 4.12. The minimum Gasteiger partial charge on any atom is -0.497 e. The molecule has 0 unspecified atom stereocenters. The van der Waals surface area contributed by atoms with Crippen molar-refractivity contribution in [2.75, 3.05) is 19.5 Å². The fourth-order valence-corrected chi connectivity index (χ4v) is 4.04. The highest BCUT2D eigenvalue weighted by molar-refractivity contribution is 7.13. The summed E-state index contributed by atoms with van der Waals surface area (Å²) in [4.78, 5) is 53.2. The lowest BCUT2D eigenvalue weighted by molar-refractivity contribution is -0.123. The molecule has 0 aliphatic rings. The zero-order chi connectivity index (χ0) is 23.8. The quantitative estimate of drug-likeness (QED) is 0.417. The van der Waals surface area contributed by atoms with Gasteiger partial charge in [-0.15, -0.1) is 16.1 Å². The lowest BCUT2D eigenvalue weighted by Gasteiger charge is -2.25. The number of anilines is 1. The number of ether oxygens (including phenoxy) is 1. The summed E-state index contributed by atoms with van der Waals surface area (Å²) >= 11 is 1.31. The summed E-state index contributed by atoms with van der Waals surface area (Å²) in [6.45, 7) is 3.28. The number of thiazole rings is 1. The molecule has 1 amide bonds. The molecule has 0 fully saturated rings. The number of rotatable bonds is 7. The Bertz CT molecular complexity index is 1430. The first-order valence-corrected chi connectivity index (χ1v) is 10.8. The molecule has 0 spiro atoms. The van der Waals surface area contributed by atoms with Gasteiger partial charge in [-0.05, 0) is 31.5 Å². The van der Waals surface area contributed by atoms with Crippen LogP contribution in [0.1, 0.15) is 25.1 Å². The monoisotopic (exact) mass is 470 g/mol. The van der Waals surface area contributed by atoms with E-state index < -0.39 is 22.7 Å². The zero-order valence-corrected chi connectivity index (χ0v) is 19.2. The van der Waals surface area contributed by atoms with Crippen LogP contribution in [0.4, 0.5) is 5.13 Å². The number of hydrogen-bond acceptors (Lipinski definition) is 8. The van der Waals surface area contributed by atoms with E-state index in [0.29, 0.717) is 11.6 Å². The van der Waals surface area contributed by atoms with Crippen LogP contribution in [-0.2, 0) is 16.8 Å². The number of carbonyl (C=O) groups excluding carboxylic acids is 1. The molecule has 12 heteroatoms. The first-order chi connectivity index (χ1) is 15.7. The second-order valence-electron chi connectivity index (χ2n) is 7.71. The molecule has 33 heavy (non-hydrogen) atoms. The van der Waals surface area contributed by atoms with Crippen molar-refractivity contribution in [3.63, 3.8) is 0 Å². The number of fused-ring (bicyclic) bond motifs is 1. The highest BCUT2D eigenvalue weighted by Gasteiger charge is 2.34. The maximum atomic E-state index is 13.2. The van der Waals surface area contributed by atoms with Crippen molar-refractivity contribution in [2.45, 2.75) is 25.8 Å². The Morgan fingerprint density at radius 2 is 1.94 bits per heavy atom. The molecule has 3 heterocycles. The Hall–Kier alpha value is -3.93. The number of imidazole rings is 1. The van der Waals surface area contributed by atoms with Crippen LogP contribution in [0.3, 0.4) is 0 Å². The summed E-state index contributed by atoms with van der Waals surface area (Å²) in [5, 5.41) is 5.12. The van der Waals surface area contributed by atoms with Gasteiger partial charge in [0.15, 0.2) is 16.3 Å². The van der Waals surface area contributed by atoms with Gasteiger partial charge in [0, 0.05) is 11.8 Å². The number of benzene rings is 1. The lowest BCUT2D eigenvalue weighted by Crippen LogP contribution is -2.42. The molecule has 4 rings (SSSR count). The van der Waals surface area contributed by atoms with E-state index in [1.807, 2.05) is 29.6 Å². The van der Waals surface area contributed by atoms with Crippen molar-refractivity contribution in [2.24, 2.45) is 0 Å². The smallest absolute Gasteiger partial charge is 0.363 e. The van der Waals surface area contributed by atoms with Crippen LogP contribution in [0.2, 0.25) is 0 Å². The Morgan fingerprint density at radius 1 is 1.21 bits per heavy atom. The number of carbonyl (C=O) groups is 1. The van der Waals surface area contributed by atoms with Crippen LogP contribution in [0.15, 0.2) is 45.6 Å². The largest absolute Gasteiger partial charge is 0.497 e. The maximum Gasteiger partial charge on any atom is 0.363 e. The number of aromatic amines is 1. The predicted octanol–water partition coefficient (Wildman–Crippen LogP) is 1.37. The summed E-state index contributed by atoms with van der Waals surface area (Å²) in [6, 6.07) is 7.68. The number of nitrogens with zero attached hydrogens (tertiary/aromatic N) is 4. The summed E-state index contributed by atoms with van der Waals surface area (Å²) in [5.74, 6) is 0.377. The minimum atomic E-state index is -1.23. The number of nitrogens with one attached hydrogen (secondary N) is 2. The van der Waals surface area contributed by atoms with Crippen molar-refractivity contribution in [3.05, 3.63) is 68.1 Å². The van der Waals surface area contributed by atoms with Crippen molar-refractivity contribution < 1.29 is 14.4 Å². The third-order valence-corrected chi connectivity index (χ3v) is 6.02. The fourth-order valence-electron chi connectivity index (χ4n) is 3.34. The normalized spacial score (nSPS) is 11.5. The van der Waals surface area contributed by atoms with E-state index in [2.05, 4.69) is 20.3 Å². The highest BCUT2D eigenvalue weighted by atomic mass is 32.1. The zero-order valence-electron chi connectivity index (χ0n) is 18.4. The molecule has 1 aromatic carbocycles. The highest BCUT2D eigenvalue weighted by Crippen LogP contribution is 2.25. The first-order valence-electron chi connectivity index (χ1n) is 9.90. The molecular weight excluding hydrogens is 448 g/mol. The molecule has 0 atom stereocenters. The Balaban J connectivity index is 1.57. The number of hydrogen-bond donors (Lipinski definition) is 2. The van der Waals surface area contributed by atoms with Crippen LogP contribution in [0.25, 0.3) is 11.2 Å². The van der Waals surface area contributed by atoms with E-state index in [1.165, 1.54) is 29.3 Å². The van der Waals surface area contributed by atoms with E-state index in [4.69, 9.17) is 9.57 Å². The van der Waals surface area contributed by atoms with Gasteiger partial charge in [-0.25, -0.2) is 14.8 Å². The van der Waals surface area contributed by atoms with Crippen LogP contribution >= 0.6 is 11.3 Å². The lowest BCUT2D eigenvalue weighted by atomic mass is 10.0. The minimum absolute atomic E-state index is 0.0200. The number of amides is 1. The average molecular weight is 471 g/mol. The van der Waals surface area contributed by atoms with Gasteiger partial charge < -0.3 is 9.57 Å². The summed E-state index contributed by atoms with van der Waals surface area (Å²) in [7, 11) is 2.90. The second kappa shape index (κ2) is 8.54. The summed E-state index contributed by atoms with van der Waals surface area (Å²) < 4.78 is 7.48. The van der Waals surface area contributed by atoms with E-state index in [0.717, 1.165) is 21.7 Å². The van der Waals surface area contributed by atoms with Crippen LogP contribution < -0.4 is 26.1 Å². The fraction of sp³-hybridized carbons (Fsp3) is 0.286. The number of aromatic nitrogens is 5. The molecule has 172 valence electrons. The molecule has 4 aromatic rings. The van der Waals surface area contributed by atoms with Gasteiger partial charge in [0.2, 0.25) is 0 Å². The molecule has 11 nitrogen and oxygen atoms in total. The summed E-state index contributed by atoms with van der Waals surface area (Å²) in [6.07, 6.45) is 1.93. The second-order valence-corrected chi connectivity index (χ2v) is 8.56. The molecule has 0 bridgehead atoms. The van der Waals surface area contributed by atoms with Crippen LogP contribution in [-0.4, -0.2) is 44.4 Å². The van der Waals surface area contributed by atoms with Gasteiger partial charge in [0.1, 0.15) is 18.4 Å². The Labute approximate surface area is 191 Å². The molecule has 0 aliphatic carbocycles. The van der Waals surface area contributed by atoms with Gasteiger partial charge in [-0.3, -0.25) is 24.5 Å². The van der Waals surface area contributed by atoms with E-state index in [-0.39, 0.29) is 11.2 Å². The van der Waals surface area contributed by atoms with E-state index >= 15 is 0 Å². The maximum absolute atomic E-state index is 13.2. The SMILES string of the molecule is COc1ccc(Cc2csc(NC(=O)C(C)(C)n3cnc4c(=O)[nH]c(=O)n(OC)c43)n2)cc1. The van der Waals surface area contributed by atoms with Gasteiger partial charge >= 0.3 is 5.69 Å². The molecular formula is C21H22N6O5S. The summed E-state index contributed by atoms with van der Waals surface area (Å²) in [5.41, 5.74) is -0.730. The van der Waals surface area contributed by atoms with Gasteiger partial charge in [-0.1, -0.05) is 12.1 Å².